The van der Waals surface area contributed by atoms with E-state index in [1.807, 2.05) is 12.2 Å². The maximum absolute atomic E-state index is 14.1. The molecule has 1 unspecified atom stereocenters. The Labute approximate surface area is 229 Å². The van der Waals surface area contributed by atoms with Crippen LogP contribution in [0.4, 0.5) is 27.8 Å². The molecule has 4 atom stereocenters. The molecule has 0 aromatic carbocycles. The van der Waals surface area contributed by atoms with Crippen molar-refractivity contribution in [3.63, 3.8) is 0 Å². The van der Waals surface area contributed by atoms with Crippen molar-refractivity contribution in [1.82, 2.24) is 15.2 Å². The molecule has 218 valence electrons. The molecule has 1 aromatic rings. The number of halogens is 5. The number of aliphatic hydroxyl groups is 1. The molecular weight excluding hydrogens is 545 g/mol. The van der Waals surface area contributed by atoms with Gasteiger partial charge in [0, 0.05) is 29.9 Å². The van der Waals surface area contributed by atoms with E-state index in [1.165, 1.54) is 25.7 Å². The van der Waals surface area contributed by atoms with Crippen molar-refractivity contribution in [1.29, 1.82) is 0 Å². The molecule has 39 heavy (non-hydrogen) atoms. The van der Waals surface area contributed by atoms with Crippen LogP contribution >= 0.6 is 12.2 Å². The predicted octanol–water partition coefficient (Wildman–Crippen LogP) is 4.22. The Morgan fingerprint density at radius 2 is 1.85 bits per heavy atom. The fraction of sp³-hybridized carbons (Fsp3) is 0.640. The first-order valence-corrected chi connectivity index (χ1v) is 12.8. The van der Waals surface area contributed by atoms with Gasteiger partial charge in [0.15, 0.2) is 6.04 Å². The summed E-state index contributed by atoms with van der Waals surface area (Å²) in [4.78, 5) is 35.5. The lowest BCUT2D eigenvalue weighted by atomic mass is 10.00. The molecule has 2 amide bonds. The van der Waals surface area contributed by atoms with Crippen LogP contribution in [0.15, 0.2) is 17.3 Å². The highest BCUT2D eigenvalue weighted by Crippen LogP contribution is 2.30. The molecular formula is C25H34F5N5O3S. The van der Waals surface area contributed by atoms with E-state index in [1.54, 1.807) is 6.92 Å². The molecule has 0 aliphatic carbocycles. The van der Waals surface area contributed by atoms with Crippen molar-refractivity contribution in [3.8, 4) is 0 Å². The van der Waals surface area contributed by atoms with E-state index in [0.717, 1.165) is 19.2 Å². The van der Waals surface area contributed by atoms with E-state index >= 15 is 0 Å². The molecule has 14 heteroatoms. The second-order valence-electron chi connectivity index (χ2n) is 10.2. The Hall–Kier alpha value is -2.74. The van der Waals surface area contributed by atoms with Gasteiger partial charge in [0.05, 0.1) is 22.2 Å². The number of nitrogens with zero attached hydrogens (tertiary/aromatic N) is 3. The topological polar surface area (TPSA) is 107 Å². The number of carbonyl (C=O) groups excluding carboxylic acids is 2. The Bertz CT molecular complexity index is 1110. The van der Waals surface area contributed by atoms with E-state index in [2.05, 4.69) is 15.3 Å². The fourth-order valence-corrected chi connectivity index (χ4v) is 4.09. The largest absolute Gasteiger partial charge is 0.408 e. The molecule has 2 heterocycles. The molecule has 1 fully saturated rings. The number of amides is 2. The summed E-state index contributed by atoms with van der Waals surface area (Å²) in [5, 5.41) is 14.7. The molecule has 0 bridgehead atoms. The van der Waals surface area contributed by atoms with Gasteiger partial charge in [0.2, 0.25) is 0 Å². The van der Waals surface area contributed by atoms with Gasteiger partial charge in [-0.15, -0.1) is 0 Å². The molecule has 1 aliphatic rings. The third kappa shape index (κ3) is 8.37. The summed E-state index contributed by atoms with van der Waals surface area (Å²) >= 11 is 5.44. The zero-order valence-corrected chi connectivity index (χ0v) is 23.4. The van der Waals surface area contributed by atoms with Crippen molar-refractivity contribution < 1.29 is 36.6 Å². The number of pyridine rings is 1. The van der Waals surface area contributed by atoms with Crippen molar-refractivity contribution in [3.05, 3.63) is 23.4 Å². The number of carbonyl (C=O) groups is 2. The first kappa shape index (κ1) is 32.5. The summed E-state index contributed by atoms with van der Waals surface area (Å²) in [6.07, 6.45) is -5.51. The molecule has 1 aliphatic heterocycles. The third-order valence-electron chi connectivity index (χ3n) is 6.67. The van der Waals surface area contributed by atoms with Crippen molar-refractivity contribution in [2.45, 2.75) is 96.8 Å². The second-order valence-corrected chi connectivity index (χ2v) is 10.7. The smallest absolute Gasteiger partial charge is 0.388 e. The minimum Gasteiger partial charge on any atom is -0.388 e. The number of hydrogen-bond donors (Lipinski definition) is 3. The number of alkyl halides is 5. The van der Waals surface area contributed by atoms with Gasteiger partial charge in [0.25, 0.3) is 18.2 Å². The molecule has 2 rings (SSSR count). The third-order valence-corrected chi connectivity index (χ3v) is 7.11. The van der Waals surface area contributed by atoms with Crippen LogP contribution in [0.3, 0.4) is 0 Å². The predicted molar refractivity (Wildman–Crippen MR) is 141 cm³/mol. The summed E-state index contributed by atoms with van der Waals surface area (Å²) in [5.74, 6) is -1.74. The monoisotopic (exact) mass is 579 g/mol. The van der Waals surface area contributed by atoms with E-state index in [4.69, 9.17) is 12.2 Å². The number of likely N-dealkylation sites (tertiary alicyclic amines) is 1. The van der Waals surface area contributed by atoms with Crippen LogP contribution in [-0.4, -0.2) is 79.9 Å². The highest BCUT2D eigenvalue weighted by molar-refractivity contribution is 7.81. The van der Waals surface area contributed by atoms with Crippen LogP contribution in [0.1, 0.15) is 71.9 Å². The zero-order valence-electron chi connectivity index (χ0n) is 22.6. The van der Waals surface area contributed by atoms with E-state index < -0.39 is 59.5 Å². The molecule has 1 aromatic heterocycles. The van der Waals surface area contributed by atoms with E-state index in [0.29, 0.717) is 19.4 Å². The lowest BCUT2D eigenvalue weighted by molar-refractivity contribution is -0.138. The van der Waals surface area contributed by atoms with Gasteiger partial charge in [-0.2, -0.15) is 13.2 Å². The Morgan fingerprint density at radius 1 is 1.23 bits per heavy atom. The van der Waals surface area contributed by atoms with Gasteiger partial charge in [-0.3, -0.25) is 14.6 Å². The van der Waals surface area contributed by atoms with Crippen LogP contribution in [0.25, 0.3) is 0 Å². The van der Waals surface area contributed by atoms with Gasteiger partial charge >= 0.3 is 6.18 Å². The zero-order chi connectivity index (χ0) is 29.9. The number of aromatic nitrogens is 1. The Morgan fingerprint density at radius 3 is 2.33 bits per heavy atom. The Kier molecular flexibility index (Phi) is 10.5. The molecule has 0 radical (unpaired) electrons. The number of thiocarbonyl (C=S) groups is 1. The first-order valence-electron chi connectivity index (χ1n) is 12.4. The van der Waals surface area contributed by atoms with Crippen LogP contribution < -0.4 is 10.6 Å². The van der Waals surface area contributed by atoms with Gasteiger partial charge in [-0.25, -0.2) is 13.8 Å². The van der Waals surface area contributed by atoms with Crippen molar-refractivity contribution >= 4 is 40.4 Å². The molecule has 0 saturated carbocycles. The maximum atomic E-state index is 14.1. The SMILES string of the molecule is C/C(=N\C(C(=O)N1CCC[C@@H]1C)C(=S)c1cnc(N[C@@H](C)C(F)(F)F)cc1C(F)F)C(=O)N[C@@H](C)C(C)(C)O. The highest BCUT2D eigenvalue weighted by Gasteiger charge is 2.38. The second kappa shape index (κ2) is 12.6. The number of hydrogen-bond acceptors (Lipinski definition) is 7. The number of anilines is 1. The van der Waals surface area contributed by atoms with Crippen LogP contribution in [0.2, 0.25) is 0 Å². The van der Waals surface area contributed by atoms with Gasteiger partial charge < -0.3 is 20.6 Å². The molecule has 1 saturated heterocycles. The standard InChI is InChI=1S/C25H34F5N5O3S/c1-12-8-7-9-35(12)23(37)19(32-13(2)22(36)34-14(3)24(5,6)38)20(39)17-11-31-18(10-16(17)21(26)27)33-15(4)25(28,29)30/h10-12,14-15,19,21,38H,7-9H2,1-6H3,(H,31,33)(H,34,36)/b32-13+/t12-,14-,15-,19?/m0/s1. The molecule has 0 spiro atoms. The van der Waals surface area contributed by atoms with Crippen molar-refractivity contribution in [2.24, 2.45) is 4.99 Å². The Balaban J connectivity index is 2.50. The average Bonchev–Trinajstić information content (AvgIpc) is 3.25. The van der Waals surface area contributed by atoms with E-state index in [9.17, 15) is 36.6 Å². The first-order chi connectivity index (χ1) is 17.8. The fourth-order valence-electron chi connectivity index (χ4n) is 3.76. The number of nitrogens with one attached hydrogen (secondary N) is 2. The van der Waals surface area contributed by atoms with Gasteiger partial charge in [-0.05, 0) is 60.5 Å². The summed E-state index contributed by atoms with van der Waals surface area (Å²) in [7, 11) is 0. The summed E-state index contributed by atoms with van der Waals surface area (Å²) in [6.45, 7) is 8.89. The maximum Gasteiger partial charge on any atom is 0.408 e. The lowest BCUT2D eigenvalue weighted by Crippen LogP contribution is -2.49. The molecule has 8 nitrogen and oxygen atoms in total. The minimum atomic E-state index is -4.64. The summed E-state index contributed by atoms with van der Waals surface area (Å²) in [6, 6.07) is -3.72. The quantitative estimate of drug-likeness (QED) is 0.166. The summed E-state index contributed by atoms with van der Waals surface area (Å²) < 4.78 is 66.9. The van der Waals surface area contributed by atoms with Crippen LogP contribution in [0.5, 0.6) is 0 Å². The lowest BCUT2D eigenvalue weighted by Gasteiger charge is -2.28. The van der Waals surface area contributed by atoms with Crippen LogP contribution in [-0.2, 0) is 9.59 Å². The normalized spacial score (nSPS) is 19.1. The highest BCUT2D eigenvalue weighted by atomic mass is 32.1. The van der Waals surface area contributed by atoms with Crippen LogP contribution in [0, 0.1) is 0 Å². The number of aliphatic imine (C=N–C) groups is 1. The average molecular weight is 580 g/mol. The van der Waals surface area contributed by atoms with Gasteiger partial charge in [-0.1, -0.05) is 12.2 Å². The molecule has 3 N–H and O–H groups in total. The number of rotatable bonds is 10. The van der Waals surface area contributed by atoms with Crippen molar-refractivity contribution in [2.75, 3.05) is 11.9 Å². The summed E-state index contributed by atoms with van der Waals surface area (Å²) in [5.41, 5.74) is -2.50. The minimum absolute atomic E-state index is 0.175. The van der Waals surface area contributed by atoms with Gasteiger partial charge in [0.1, 0.15) is 11.9 Å². The van der Waals surface area contributed by atoms with E-state index in [-0.39, 0.29) is 22.2 Å².